The molecule has 1 aromatic heterocycles. The molecule has 0 aliphatic heterocycles. The van der Waals surface area contributed by atoms with E-state index in [1.165, 1.54) is 17.3 Å². The van der Waals surface area contributed by atoms with E-state index < -0.39 is 5.97 Å². The number of anilines is 1. The van der Waals surface area contributed by atoms with Gasteiger partial charge in [-0.05, 0) is 36.1 Å². The highest BCUT2D eigenvalue weighted by Gasteiger charge is 2.20. The number of pyridine rings is 1. The fourth-order valence-corrected chi connectivity index (χ4v) is 2.60. The molecule has 3 rings (SSSR count). The van der Waals surface area contributed by atoms with Crippen LogP contribution >= 0.6 is 11.9 Å². The van der Waals surface area contributed by atoms with Crippen molar-refractivity contribution in [2.24, 2.45) is 0 Å². The summed E-state index contributed by atoms with van der Waals surface area (Å²) in [7, 11) is 0. The number of aromatic nitrogens is 1. The van der Waals surface area contributed by atoms with E-state index in [9.17, 15) is 4.79 Å². The van der Waals surface area contributed by atoms with Crippen molar-refractivity contribution >= 4 is 23.7 Å². The lowest BCUT2D eigenvalue weighted by molar-refractivity contribution is 0.0751. The number of hydrogen-bond acceptors (Lipinski definition) is 4. The molecule has 1 aliphatic carbocycles. The molecule has 0 radical (unpaired) electrons. The Morgan fingerprint density at radius 1 is 1.20 bits per heavy atom. The molecule has 2 aromatic rings. The zero-order chi connectivity index (χ0) is 13.9. The van der Waals surface area contributed by atoms with Gasteiger partial charge in [0.2, 0.25) is 0 Å². The van der Waals surface area contributed by atoms with Crippen molar-refractivity contribution in [2.45, 2.75) is 18.9 Å². The number of nitrogens with one attached hydrogen (secondary N) is 1. The van der Waals surface area contributed by atoms with Crippen LogP contribution in [0.5, 0.6) is 0 Å². The maximum absolute atomic E-state index is 11.2. The number of benzene rings is 1. The van der Waals surface area contributed by atoms with E-state index >= 15 is 0 Å². The van der Waals surface area contributed by atoms with Gasteiger partial charge in [-0.15, -0.1) is 0 Å². The van der Waals surface area contributed by atoms with Crippen LogP contribution in [0, 0.1) is 0 Å². The van der Waals surface area contributed by atoms with Gasteiger partial charge in [-0.3, -0.25) is 0 Å². The van der Waals surface area contributed by atoms with Crippen LogP contribution in [0.3, 0.4) is 0 Å². The summed E-state index contributed by atoms with van der Waals surface area (Å²) in [6.45, 7) is 0. The van der Waals surface area contributed by atoms with Crippen molar-refractivity contribution in [1.29, 1.82) is 0 Å². The molecule has 0 amide bonds. The van der Waals surface area contributed by atoms with Crippen LogP contribution < -0.4 is 5.32 Å². The molecule has 102 valence electrons. The van der Waals surface area contributed by atoms with Gasteiger partial charge in [-0.1, -0.05) is 24.3 Å². The standard InChI is InChI=1S/C15H13ClN2O2/c16-20-15(19)12-5-6-14(17-9-12)18-13-7-10-3-1-2-4-11(10)8-13/h1-6,9,13H,7-8H2,(H,17,18). The average molecular weight is 289 g/mol. The Morgan fingerprint density at radius 3 is 2.45 bits per heavy atom. The van der Waals surface area contributed by atoms with Crippen LogP contribution in [0.4, 0.5) is 5.82 Å². The van der Waals surface area contributed by atoms with E-state index in [-0.39, 0.29) is 0 Å². The largest absolute Gasteiger partial charge is 0.367 e. The summed E-state index contributed by atoms with van der Waals surface area (Å²) in [5.41, 5.74) is 3.10. The number of carbonyl (C=O) groups is 1. The maximum atomic E-state index is 11.2. The van der Waals surface area contributed by atoms with Crippen LogP contribution in [-0.2, 0) is 17.1 Å². The number of rotatable bonds is 3. The summed E-state index contributed by atoms with van der Waals surface area (Å²) in [4.78, 5) is 15.4. The third-order valence-corrected chi connectivity index (χ3v) is 3.61. The van der Waals surface area contributed by atoms with Gasteiger partial charge in [0.15, 0.2) is 0 Å². The minimum Gasteiger partial charge on any atom is -0.367 e. The minimum absolute atomic E-state index is 0.334. The topological polar surface area (TPSA) is 51.2 Å². The minimum atomic E-state index is -0.598. The van der Waals surface area contributed by atoms with Gasteiger partial charge >= 0.3 is 5.97 Å². The zero-order valence-electron chi connectivity index (χ0n) is 10.7. The van der Waals surface area contributed by atoms with Crippen molar-refractivity contribution in [1.82, 2.24) is 4.98 Å². The van der Waals surface area contributed by atoms with E-state index in [4.69, 9.17) is 11.9 Å². The second-order valence-electron chi connectivity index (χ2n) is 4.81. The number of halogens is 1. The van der Waals surface area contributed by atoms with Crippen LogP contribution in [0.2, 0.25) is 0 Å². The van der Waals surface area contributed by atoms with E-state index in [1.54, 1.807) is 12.1 Å². The smallest absolute Gasteiger partial charge is 0.357 e. The lowest BCUT2D eigenvalue weighted by Crippen LogP contribution is -2.20. The average Bonchev–Trinajstić information content (AvgIpc) is 2.89. The maximum Gasteiger partial charge on any atom is 0.357 e. The molecule has 0 saturated heterocycles. The van der Waals surface area contributed by atoms with E-state index in [0.717, 1.165) is 18.7 Å². The Labute approximate surface area is 121 Å². The first-order chi connectivity index (χ1) is 9.76. The summed E-state index contributed by atoms with van der Waals surface area (Å²) in [5, 5.41) is 3.38. The highest BCUT2D eigenvalue weighted by Crippen LogP contribution is 2.23. The molecule has 0 fully saturated rings. The van der Waals surface area contributed by atoms with Crippen LogP contribution in [0.25, 0.3) is 0 Å². The lowest BCUT2D eigenvalue weighted by Gasteiger charge is -2.12. The quantitative estimate of drug-likeness (QED) is 0.943. The Bertz CT molecular complexity index is 603. The SMILES string of the molecule is O=C(OCl)c1ccc(NC2Cc3ccccc3C2)nc1. The molecule has 1 N–H and O–H groups in total. The fourth-order valence-electron chi connectivity index (χ4n) is 2.51. The van der Waals surface area contributed by atoms with Gasteiger partial charge in [0.25, 0.3) is 0 Å². The Balaban J connectivity index is 1.66. The molecular formula is C15H13ClN2O2. The number of hydrogen-bond donors (Lipinski definition) is 1. The third-order valence-electron chi connectivity index (χ3n) is 3.47. The molecule has 0 unspecified atom stereocenters. The van der Waals surface area contributed by atoms with Crippen LogP contribution in [0.1, 0.15) is 21.5 Å². The van der Waals surface area contributed by atoms with E-state index in [0.29, 0.717) is 11.6 Å². The molecule has 0 atom stereocenters. The van der Waals surface area contributed by atoms with Gasteiger partial charge in [0, 0.05) is 12.2 Å². The van der Waals surface area contributed by atoms with Crippen molar-refractivity contribution in [3.63, 3.8) is 0 Å². The molecule has 0 saturated carbocycles. The monoisotopic (exact) mass is 288 g/mol. The summed E-state index contributed by atoms with van der Waals surface area (Å²) in [5.74, 6) is 0.146. The predicted molar refractivity (Wildman–Crippen MR) is 76.8 cm³/mol. The zero-order valence-corrected chi connectivity index (χ0v) is 11.4. The van der Waals surface area contributed by atoms with Crippen LogP contribution in [-0.4, -0.2) is 17.0 Å². The van der Waals surface area contributed by atoms with Gasteiger partial charge in [-0.2, -0.15) is 0 Å². The second kappa shape index (κ2) is 5.51. The summed E-state index contributed by atoms with van der Waals surface area (Å²) in [6, 6.07) is 12.2. The van der Waals surface area contributed by atoms with Crippen molar-refractivity contribution in [3.05, 3.63) is 59.3 Å². The van der Waals surface area contributed by atoms with E-state index in [1.807, 2.05) is 0 Å². The summed E-state index contributed by atoms with van der Waals surface area (Å²) in [6.07, 6.45) is 3.43. The Kier molecular flexibility index (Phi) is 3.56. The molecule has 1 aromatic carbocycles. The highest BCUT2D eigenvalue weighted by molar-refractivity contribution is 6.15. The van der Waals surface area contributed by atoms with Gasteiger partial charge in [0.1, 0.15) is 17.7 Å². The van der Waals surface area contributed by atoms with Gasteiger partial charge in [-0.25, -0.2) is 9.78 Å². The first-order valence-corrected chi connectivity index (χ1v) is 6.69. The molecule has 0 bridgehead atoms. The first kappa shape index (κ1) is 12.9. The Morgan fingerprint density at radius 2 is 1.90 bits per heavy atom. The molecule has 5 heteroatoms. The predicted octanol–water partition coefficient (Wildman–Crippen LogP) is 2.97. The first-order valence-electron chi connectivity index (χ1n) is 6.38. The van der Waals surface area contributed by atoms with Crippen molar-refractivity contribution in [2.75, 3.05) is 5.32 Å². The van der Waals surface area contributed by atoms with Gasteiger partial charge < -0.3 is 9.61 Å². The van der Waals surface area contributed by atoms with E-state index in [2.05, 4.69) is 38.9 Å². The number of fused-ring (bicyclic) bond motifs is 1. The van der Waals surface area contributed by atoms with Crippen molar-refractivity contribution < 1.29 is 9.08 Å². The lowest BCUT2D eigenvalue weighted by atomic mass is 10.1. The summed E-state index contributed by atoms with van der Waals surface area (Å²) >= 11 is 5.02. The normalized spacial score (nSPS) is 13.8. The van der Waals surface area contributed by atoms with Crippen molar-refractivity contribution in [3.8, 4) is 0 Å². The molecular weight excluding hydrogens is 276 g/mol. The Hall–Kier alpha value is -2.07. The summed E-state index contributed by atoms with van der Waals surface area (Å²) < 4.78 is 4.12. The molecule has 1 heterocycles. The number of carbonyl (C=O) groups excluding carboxylic acids is 1. The molecule has 0 spiro atoms. The molecule has 1 aliphatic rings. The second-order valence-corrected chi connectivity index (χ2v) is 4.97. The number of nitrogens with zero attached hydrogens (tertiary/aromatic N) is 1. The van der Waals surface area contributed by atoms with Gasteiger partial charge in [0.05, 0.1) is 5.56 Å². The molecule has 20 heavy (non-hydrogen) atoms. The highest BCUT2D eigenvalue weighted by atomic mass is 35.5. The van der Waals surface area contributed by atoms with Crippen LogP contribution in [0.15, 0.2) is 42.6 Å². The third kappa shape index (κ3) is 2.60. The molecule has 4 nitrogen and oxygen atoms in total. The fraction of sp³-hybridized carbons (Fsp3) is 0.200.